The second-order valence-electron chi connectivity index (χ2n) is 4.70. The van der Waals surface area contributed by atoms with Gasteiger partial charge in [0.05, 0.1) is 5.57 Å². The van der Waals surface area contributed by atoms with Crippen LogP contribution in [0, 0.1) is 0 Å². The van der Waals surface area contributed by atoms with Gasteiger partial charge in [-0.1, -0.05) is 54.6 Å². The van der Waals surface area contributed by atoms with Crippen molar-refractivity contribution in [2.24, 2.45) is 0 Å². The van der Waals surface area contributed by atoms with Gasteiger partial charge in [-0.3, -0.25) is 9.59 Å². The maximum absolute atomic E-state index is 12.0. The number of ketones is 1. The van der Waals surface area contributed by atoms with E-state index in [9.17, 15) is 9.59 Å². The van der Waals surface area contributed by atoms with Gasteiger partial charge in [0.2, 0.25) is 0 Å². The minimum absolute atomic E-state index is 0.208. The highest BCUT2D eigenvalue weighted by Crippen LogP contribution is 2.31. The van der Waals surface area contributed by atoms with E-state index in [1.165, 1.54) is 12.2 Å². The number of benzene rings is 2. The lowest BCUT2D eigenvalue weighted by atomic mass is 10.1. The molecule has 1 aliphatic heterocycles. The molecular weight excluding hydrogens is 262 g/mol. The van der Waals surface area contributed by atoms with E-state index >= 15 is 0 Å². The highest BCUT2D eigenvalue weighted by Gasteiger charge is 2.23. The Labute approximate surface area is 122 Å². The first-order valence-corrected chi connectivity index (χ1v) is 6.63. The number of para-hydroxylation sites is 1. The molecule has 0 fully saturated rings. The van der Waals surface area contributed by atoms with Crippen molar-refractivity contribution in [2.75, 3.05) is 5.32 Å². The maximum atomic E-state index is 12.0. The van der Waals surface area contributed by atoms with Crippen molar-refractivity contribution in [1.29, 1.82) is 0 Å². The van der Waals surface area contributed by atoms with E-state index in [2.05, 4.69) is 5.32 Å². The SMILES string of the molecule is O=C(/C=C/c1ccccc1)/C=C1/C(=O)Nc2ccccc21. The van der Waals surface area contributed by atoms with Gasteiger partial charge in [-0.2, -0.15) is 0 Å². The average molecular weight is 275 g/mol. The van der Waals surface area contributed by atoms with Crippen LogP contribution in [0.1, 0.15) is 11.1 Å². The number of amides is 1. The molecule has 0 aliphatic carbocycles. The molecule has 0 saturated carbocycles. The summed E-state index contributed by atoms with van der Waals surface area (Å²) in [5.41, 5.74) is 2.87. The molecule has 102 valence electrons. The summed E-state index contributed by atoms with van der Waals surface area (Å²) in [6.45, 7) is 0. The summed E-state index contributed by atoms with van der Waals surface area (Å²) >= 11 is 0. The molecule has 0 spiro atoms. The van der Waals surface area contributed by atoms with Crippen molar-refractivity contribution in [3.05, 3.63) is 77.9 Å². The van der Waals surface area contributed by atoms with E-state index in [1.54, 1.807) is 6.08 Å². The number of hydrogen-bond donors (Lipinski definition) is 1. The monoisotopic (exact) mass is 275 g/mol. The van der Waals surface area contributed by atoms with Crippen molar-refractivity contribution < 1.29 is 9.59 Å². The van der Waals surface area contributed by atoms with Gasteiger partial charge >= 0.3 is 0 Å². The van der Waals surface area contributed by atoms with Crippen molar-refractivity contribution >= 4 is 29.0 Å². The Kier molecular flexibility index (Phi) is 3.48. The summed E-state index contributed by atoms with van der Waals surface area (Å²) in [6, 6.07) is 16.9. The molecule has 0 unspecified atom stereocenters. The molecule has 1 aliphatic rings. The lowest BCUT2D eigenvalue weighted by Crippen LogP contribution is -2.05. The molecule has 2 aromatic rings. The zero-order chi connectivity index (χ0) is 14.7. The van der Waals surface area contributed by atoms with Gasteiger partial charge in [-0.25, -0.2) is 0 Å². The van der Waals surface area contributed by atoms with Gasteiger partial charge in [-0.15, -0.1) is 0 Å². The minimum Gasteiger partial charge on any atom is -0.321 e. The van der Waals surface area contributed by atoms with Crippen molar-refractivity contribution in [3.8, 4) is 0 Å². The fourth-order valence-corrected chi connectivity index (χ4v) is 2.22. The predicted molar refractivity (Wildman–Crippen MR) is 83.5 cm³/mol. The third-order valence-electron chi connectivity index (χ3n) is 3.24. The lowest BCUT2D eigenvalue weighted by molar-refractivity contribution is -0.112. The third-order valence-corrected chi connectivity index (χ3v) is 3.24. The van der Waals surface area contributed by atoms with E-state index < -0.39 is 0 Å². The number of allylic oxidation sites excluding steroid dienone is 2. The third kappa shape index (κ3) is 2.82. The molecule has 3 nitrogen and oxygen atoms in total. The topological polar surface area (TPSA) is 46.2 Å². The minimum atomic E-state index is -0.238. The molecule has 0 aromatic heterocycles. The van der Waals surface area contributed by atoms with Gasteiger partial charge in [0.15, 0.2) is 5.78 Å². The van der Waals surface area contributed by atoms with Crippen LogP contribution in [0.5, 0.6) is 0 Å². The van der Waals surface area contributed by atoms with Crippen LogP contribution in [0.4, 0.5) is 5.69 Å². The second kappa shape index (κ2) is 5.59. The zero-order valence-corrected chi connectivity index (χ0v) is 11.2. The van der Waals surface area contributed by atoms with Crippen LogP contribution >= 0.6 is 0 Å². The Morgan fingerprint density at radius 2 is 1.67 bits per heavy atom. The van der Waals surface area contributed by atoms with Crippen LogP contribution in [-0.2, 0) is 9.59 Å². The molecule has 3 heteroatoms. The first kappa shape index (κ1) is 13.1. The molecule has 2 aromatic carbocycles. The first-order chi connectivity index (χ1) is 10.2. The molecule has 1 N–H and O–H groups in total. The Morgan fingerprint density at radius 1 is 0.952 bits per heavy atom. The Hall–Kier alpha value is -2.94. The fourth-order valence-electron chi connectivity index (χ4n) is 2.22. The van der Waals surface area contributed by atoms with E-state index in [4.69, 9.17) is 0 Å². The number of fused-ring (bicyclic) bond motifs is 1. The fraction of sp³-hybridized carbons (Fsp3) is 0. The van der Waals surface area contributed by atoms with Gasteiger partial charge in [0, 0.05) is 11.3 Å². The van der Waals surface area contributed by atoms with E-state index in [0.29, 0.717) is 5.57 Å². The van der Waals surface area contributed by atoms with E-state index in [1.807, 2.05) is 54.6 Å². The second-order valence-corrected chi connectivity index (χ2v) is 4.70. The van der Waals surface area contributed by atoms with Crippen LogP contribution in [0.25, 0.3) is 11.6 Å². The molecule has 21 heavy (non-hydrogen) atoms. The largest absolute Gasteiger partial charge is 0.321 e. The number of anilines is 1. The molecule has 3 rings (SSSR count). The number of carbonyl (C=O) groups excluding carboxylic acids is 2. The summed E-state index contributed by atoms with van der Waals surface area (Å²) in [5.74, 6) is -0.446. The highest BCUT2D eigenvalue weighted by atomic mass is 16.2. The van der Waals surface area contributed by atoms with Crippen molar-refractivity contribution in [1.82, 2.24) is 0 Å². The van der Waals surface area contributed by atoms with Gasteiger partial charge < -0.3 is 5.32 Å². The number of rotatable bonds is 3. The summed E-state index contributed by atoms with van der Waals surface area (Å²) in [6.07, 6.45) is 4.58. The predicted octanol–water partition coefficient (Wildman–Crippen LogP) is 3.30. The van der Waals surface area contributed by atoms with Crippen LogP contribution in [0.15, 0.2) is 66.7 Å². The van der Waals surface area contributed by atoms with E-state index in [-0.39, 0.29) is 11.7 Å². The van der Waals surface area contributed by atoms with Crippen LogP contribution in [0.2, 0.25) is 0 Å². The summed E-state index contributed by atoms with van der Waals surface area (Å²) in [7, 11) is 0. The first-order valence-electron chi connectivity index (χ1n) is 6.63. The number of hydrogen-bond acceptors (Lipinski definition) is 2. The van der Waals surface area contributed by atoms with Crippen LogP contribution in [0.3, 0.4) is 0 Å². The van der Waals surface area contributed by atoms with Crippen molar-refractivity contribution in [3.63, 3.8) is 0 Å². The normalized spacial score (nSPS) is 15.2. The number of carbonyl (C=O) groups is 2. The van der Waals surface area contributed by atoms with Crippen LogP contribution in [-0.4, -0.2) is 11.7 Å². The molecule has 0 atom stereocenters. The Balaban J connectivity index is 1.84. The molecule has 0 radical (unpaired) electrons. The average Bonchev–Trinajstić information content (AvgIpc) is 2.82. The Morgan fingerprint density at radius 3 is 2.48 bits per heavy atom. The summed E-state index contributed by atoms with van der Waals surface area (Å²) in [5, 5.41) is 2.74. The van der Waals surface area contributed by atoms with Gasteiger partial charge in [0.25, 0.3) is 5.91 Å². The smallest absolute Gasteiger partial charge is 0.256 e. The summed E-state index contributed by atoms with van der Waals surface area (Å²) in [4.78, 5) is 23.9. The van der Waals surface area contributed by atoms with E-state index in [0.717, 1.165) is 16.8 Å². The summed E-state index contributed by atoms with van der Waals surface area (Å²) < 4.78 is 0. The zero-order valence-electron chi connectivity index (χ0n) is 11.2. The number of nitrogens with one attached hydrogen (secondary N) is 1. The molecular formula is C18H13NO2. The standard InChI is InChI=1S/C18H13NO2/c20-14(11-10-13-6-2-1-3-7-13)12-16-15-8-4-5-9-17(15)19-18(16)21/h1-12H,(H,19,21)/b11-10+,16-12+. The van der Waals surface area contributed by atoms with Crippen LogP contribution < -0.4 is 5.32 Å². The molecule has 1 amide bonds. The van der Waals surface area contributed by atoms with Gasteiger partial charge in [0.1, 0.15) is 0 Å². The quantitative estimate of drug-likeness (QED) is 0.873. The van der Waals surface area contributed by atoms with Gasteiger partial charge in [-0.05, 0) is 23.8 Å². The highest BCUT2D eigenvalue weighted by molar-refractivity contribution is 6.34. The Bertz CT molecular complexity index is 758. The molecule has 0 bridgehead atoms. The maximum Gasteiger partial charge on any atom is 0.256 e. The molecule has 1 heterocycles. The lowest BCUT2D eigenvalue weighted by Gasteiger charge is -1.95. The molecule has 0 saturated heterocycles. The van der Waals surface area contributed by atoms with Crippen molar-refractivity contribution in [2.45, 2.75) is 0 Å².